The predicted molar refractivity (Wildman–Crippen MR) is 89.3 cm³/mol. The van der Waals surface area contributed by atoms with Crippen LogP contribution in [0, 0.1) is 0 Å². The van der Waals surface area contributed by atoms with E-state index in [-0.39, 0.29) is 5.75 Å². The van der Waals surface area contributed by atoms with Gasteiger partial charge in [-0.3, -0.25) is 4.68 Å². The van der Waals surface area contributed by atoms with Gasteiger partial charge in [0.15, 0.2) is 0 Å². The Labute approximate surface area is 143 Å². The number of aromatic nitrogens is 2. The zero-order valence-corrected chi connectivity index (χ0v) is 13.6. The van der Waals surface area contributed by atoms with Gasteiger partial charge in [0.1, 0.15) is 5.75 Å². The van der Waals surface area contributed by atoms with Gasteiger partial charge in [-0.15, -0.1) is 13.2 Å². The second-order valence-electron chi connectivity index (χ2n) is 5.59. The Morgan fingerprint density at radius 3 is 2.28 bits per heavy atom. The van der Waals surface area contributed by atoms with Gasteiger partial charge in [0.2, 0.25) is 0 Å². The Bertz CT molecular complexity index is 824. The summed E-state index contributed by atoms with van der Waals surface area (Å²) in [6.45, 7) is 2.70. The first kappa shape index (κ1) is 17.1. The number of aryl methyl sites for hydroxylation is 1. The molecule has 2 aromatic carbocycles. The molecule has 130 valence electrons. The van der Waals surface area contributed by atoms with Crippen molar-refractivity contribution in [3.63, 3.8) is 0 Å². The minimum atomic E-state index is -4.69. The quantitative estimate of drug-likeness (QED) is 0.646. The van der Waals surface area contributed by atoms with Crippen LogP contribution in [-0.4, -0.2) is 16.1 Å². The molecule has 0 N–H and O–H groups in total. The third-order valence-corrected chi connectivity index (χ3v) is 3.78. The number of benzene rings is 2. The van der Waals surface area contributed by atoms with Gasteiger partial charge < -0.3 is 4.74 Å². The fourth-order valence-electron chi connectivity index (χ4n) is 2.60. The molecule has 3 rings (SSSR count). The summed E-state index contributed by atoms with van der Waals surface area (Å²) in [6.07, 6.45) is -3.87. The van der Waals surface area contributed by atoms with E-state index >= 15 is 0 Å². The summed E-state index contributed by atoms with van der Waals surface area (Å²) in [5, 5.41) is 4.60. The van der Waals surface area contributed by atoms with Crippen LogP contribution < -0.4 is 4.74 Å². The molecule has 0 aliphatic carbocycles. The molecule has 0 radical (unpaired) electrons. The summed E-state index contributed by atoms with van der Waals surface area (Å²) in [6, 6.07) is 17.7. The highest BCUT2D eigenvalue weighted by Gasteiger charge is 2.31. The summed E-state index contributed by atoms with van der Waals surface area (Å²) in [5.41, 5.74) is 3.68. The molecule has 0 saturated carbocycles. The SMILES string of the molecule is CCc1cc(-c2ccc(OC(F)(F)F)cc2)nn1Cc1ccccc1. The smallest absolute Gasteiger partial charge is 0.406 e. The van der Waals surface area contributed by atoms with Crippen LogP contribution in [0.4, 0.5) is 13.2 Å². The fraction of sp³-hybridized carbons (Fsp3) is 0.211. The molecule has 0 amide bonds. The molecule has 0 bridgehead atoms. The molecule has 0 saturated heterocycles. The molecule has 1 aromatic heterocycles. The monoisotopic (exact) mass is 346 g/mol. The van der Waals surface area contributed by atoms with Crippen LogP contribution in [0.25, 0.3) is 11.3 Å². The largest absolute Gasteiger partial charge is 0.573 e. The molecule has 3 nitrogen and oxygen atoms in total. The molecule has 25 heavy (non-hydrogen) atoms. The van der Waals surface area contributed by atoms with Crippen molar-refractivity contribution in [2.24, 2.45) is 0 Å². The Kier molecular flexibility index (Phi) is 4.79. The molecule has 1 heterocycles. The highest BCUT2D eigenvalue weighted by Crippen LogP contribution is 2.26. The first-order chi connectivity index (χ1) is 11.9. The molecule has 0 unspecified atom stereocenters. The fourth-order valence-corrected chi connectivity index (χ4v) is 2.60. The van der Waals surface area contributed by atoms with Crippen molar-refractivity contribution in [3.8, 4) is 17.0 Å². The van der Waals surface area contributed by atoms with Gasteiger partial charge in [-0.05, 0) is 42.3 Å². The van der Waals surface area contributed by atoms with Crippen molar-refractivity contribution < 1.29 is 17.9 Å². The van der Waals surface area contributed by atoms with Crippen molar-refractivity contribution in [2.45, 2.75) is 26.3 Å². The minimum Gasteiger partial charge on any atom is -0.406 e. The average Bonchev–Trinajstić information content (AvgIpc) is 2.98. The molecule has 3 aromatic rings. The second-order valence-corrected chi connectivity index (χ2v) is 5.59. The van der Waals surface area contributed by atoms with Crippen molar-refractivity contribution >= 4 is 0 Å². The summed E-state index contributed by atoms with van der Waals surface area (Å²) >= 11 is 0. The average molecular weight is 346 g/mol. The standard InChI is InChI=1S/C19H17F3N2O/c1-2-16-12-18(23-24(16)13-14-6-4-3-5-7-14)15-8-10-17(11-9-15)25-19(20,21)22/h3-12H,2,13H2,1H3. The zero-order chi connectivity index (χ0) is 17.9. The summed E-state index contributed by atoms with van der Waals surface area (Å²) in [5.74, 6) is -0.240. The van der Waals surface area contributed by atoms with E-state index in [4.69, 9.17) is 0 Å². The summed E-state index contributed by atoms with van der Waals surface area (Å²) in [7, 11) is 0. The van der Waals surface area contributed by atoms with E-state index in [1.807, 2.05) is 48.0 Å². The van der Waals surface area contributed by atoms with Crippen molar-refractivity contribution in [2.75, 3.05) is 0 Å². The number of ether oxygens (including phenoxy) is 1. The van der Waals surface area contributed by atoms with Gasteiger partial charge in [-0.1, -0.05) is 37.3 Å². The summed E-state index contributed by atoms with van der Waals surface area (Å²) < 4.78 is 42.5. The third kappa shape index (κ3) is 4.41. The number of halogens is 3. The Morgan fingerprint density at radius 1 is 1.00 bits per heavy atom. The van der Waals surface area contributed by atoms with Crippen LogP contribution in [-0.2, 0) is 13.0 Å². The van der Waals surface area contributed by atoms with E-state index in [2.05, 4.69) is 9.84 Å². The molecule has 0 atom stereocenters. The molecular weight excluding hydrogens is 329 g/mol. The summed E-state index contributed by atoms with van der Waals surface area (Å²) in [4.78, 5) is 0. The lowest BCUT2D eigenvalue weighted by molar-refractivity contribution is -0.274. The molecule has 0 spiro atoms. The number of rotatable bonds is 5. The number of nitrogens with zero attached hydrogens (tertiary/aromatic N) is 2. The number of hydrogen-bond donors (Lipinski definition) is 0. The zero-order valence-electron chi connectivity index (χ0n) is 13.6. The van der Waals surface area contributed by atoms with E-state index in [9.17, 15) is 13.2 Å². The first-order valence-corrected chi connectivity index (χ1v) is 7.91. The number of alkyl halides is 3. The van der Waals surface area contributed by atoms with Crippen LogP contribution in [0.3, 0.4) is 0 Å². The molecular formula is C19H17F3N2O. The van der Waals surface area contributed by atoms with Gasteiger partial charge >= 0.3 is 6.36 Å². The van der Waals surface area contributed by atoms with E-state index in [1.165, 1.54) is 12.1 Å². The Hall–Kier alpha value is -2.76. The lowest BCUT2D eigenvalue weighted by atomic mass is 10.1. The second kappa shape index (κ2) is 7.01. The van der Waals surface area contributed by atoms with Gasteiger partial charge in [-0.2, -0.15) is 5.10 Å². The first-order valence-electron chi connectivity index (χ1n) is 7.91. The highest BCUT2D eigenvalue weighted by atomic mass is 19.4. The Morgan fingerprint density at radius 2 is 1.68 bits per heavy atom. The van der Waals surface area contributed by atoms with E-state index in [0.29, 0.717) is 6.54 Å². The predicted octanol–water partition coefficient (Wildman–Crippen LogP) is 5.06. The Balaban J connectivity index is 1.83. The van der Waals surface area contributed by atoms with Crippen LogP contribution >= 0.6 is 0 Å². The van der Waals surface area contributed by atoms with E-state index < -0.39 is 6.36 Å². The van der Waals surface area contributed by atoms with Crippen LogP contribution in [0.5, 0.6) is 5.75 Å². The van der Waals surface area contributed by atoms with Gasteiger partial charge in [0.05, 0.1) is 12.2 Å². The molecule has 0 aliphatic heterocycles. The van der Waals surface area contributed by atoms with Gasteiger partial charge in [0, 0.05) is 11.3 Å². The van der Waals surface area contributed by atoms with Gasteiger partial charge in [-0.25, -0.2) is 0 Å². The van der Waals surface area contributed by atoms with Crippen molar-refractivity contribution in [3.05, 3.63) is 71.9 Å². The topological polar surface area (TPSA) is 27.1 Å². The number of hydrogen-bond acceptors (Lipinski definition) is 2. The third-order valence-electron chi connectivity index (χ3n) is 3.78. The van der Waals surface area contributed by atoms with Crippen LogP contribution in [0.2, 0.25) is 0 Å². The normalized spacial score (nSPS) is 11.5. The maximum Gasteiger partial charge on any atom is 0.573 e. The van der Waals surface area contributed by atoms with Gasteiger partial charge in [0.25, 0.3) is 0 Å². The minimum absolute atomic E-state index is 0.240. The highest BCUT2D eigenvalue weighted by molar-refractivity contribution is 5.60. The van der Waals surface area contributed by atoms with Crippen LogP contribution in [0.1, 0.15) is 18.2 Å². The molecule has 0 fully saturated rings. The molecule has 0 aliphatic rings. The maximum atomic E-state index is 12.2. The lowest BCUT2D eigenvalue weighted by Gasteiger charge is -2.08. The van der Waals surface area contributed by atoms with Crippen molar-refractivity contribution in [1.82, 2.24) is 9.78 Å². The van der Waals surface area contributed by atoms with Crippen molar-refractivity contribution in [1.29, 1.82) is 0 Å². The lowest BCUT2D eigenvalue weighted by Crippen LogP contribution is -2.16. The van der Waals surface area contributed by atoms with E-state index in [1.54, 1.807) is 12.1 Å². The van der Waals surface area contributed by atoms with Crippen LogP contribution in [0.15, 0.2) is 60.7 Å². The maximum absolute atomic E-state index is 12.2. The van der Waals surface area contributed by atoms with E-state index in [0.717, 1.165) is 28.9 Å². The molecule has 6 heteroatoms.